The van der Waals surface area contributed by atoms with Crippen LogP contribution in [0.2, 0.25) is 0 Å². The predicted molar refractivity (Wildman–Crippen MR) is 69.8 cm³/mol. The zero-order valence-corrected chi connectivity index (χ0v) is 11.2. The van der Waals surface area contributed by atoms with Crippen LogP contribution in [-0.4, -0.2) is 14.5 Å². The summed E-state index contributed by atoms with van der Waals surface area (Å²) in [5.41, 5.74) is 6.57. The summed E-state index contributed by atoms with van der Waals surface area (Å²) < 4.78 is 28.7. The van der Waals surface area contributed by atoms with Gasteiger partial charge in [0.15, 0.2) is 0 Å². The molecule has 0 unspecified atom stereocenters. The van der Waals surface area contributed by atoms with E-state index >= 15 is 0 Å². The molecule has 1 fully saturated rings. The number of anilines is 1. The van der Waals surface area contributed by atoms with E-state index < -0.39 is 10.0 Å². The minimum absolute atomic E-state index is 0.0375. The van der Waals surface area contributed by atoms with Crippen LogP contribution in [0.3, 0.4) is 0 Å². The van der Waals surface area contributed by atoms with Crippen molar-refractivity contribution in [2.45, 2.75) is 43.6 Å². The Hall–Kier alpha value is -1.27. The predicted octanol–water partition coefficient (Wildman–Crippen LogP) is 1.55. The van der Waals surface area contributed by atoms with E-state index in [1.165, 1.54) is 6.07 Å². The van der Waals surface area contributed by atoms with Gasteiger partial charge in [0.05, 0.1) is 11.0 Å². The Balaban J connectivity index is 2.38. The van der Waals surface area contributed by atoms with Crippen LogP contribution < -0.4 is 15.6 Å². The van der Waals surface area contributed by atoms with Crippen molar-refractivity contribution in [2.24, 2.45) is 5.14 Å². The van der Waals surface area contributed by atoms with Gasteiger partial charge >= 0.3 is 0 Å². The van der Waals surface area contributed by atoms with E-state index in [1.807, 2.05) is 0 Å². The Morgan fingerprint density at radius 3 is 2.44 bits per heavy atom. The zero-order chi connectivity index (χ0) is 13.3. The third kappa shape index (κ3) is 2.76. The molecule has 0 amide bonds. The molecule has 1 aliphatic carbocycles. The van der Waals surface area contributed by atoms with Gasteiger partial charge in [0.2, 0.25) is 10.0 Å². The molecule has 0 heterocycles. The van der Waals surface area contributed by atoms with Gasteiger partial charge in [-0.15, -0.1) is 0 Å². The molecule has 2 rings (SSSR count). The van der Waals surface area contributed by atoms with Gasteiger partial charge in [-0.25, -0.2) is 13.6 Å². The quantitative estimate of drug-likeness (QED) is 0.814. The van der Waals surface area contributed by atoms with Crippen LogP contribution in [0.25, 0.3) is 0 Å². The van der Waals surface area contributed by atoms with Crippen molar-refractivity contribution < 1.29 is 13.2 Å². The number of nitrogen functional groups attached to an aromatic ring is 1. The van der Waals surface area contributed by atoms with Crippen molar-refractivity contribution >= 4 is 15.7 Å². The van der Waals surface area contributed by atoms with Crippen molar-refractivity contribution in [3.63, 3.8) is 0 Å². The number of sulfonamides is 1. The van der Waals surface area contributed by atoms with Gasteiger partial charge in [0.25, 0.3) is 0 Å². The van der Waals surface area contributed by atoms with Gasteiger partial charge in [0.1, 0.15) is 5.75 Å². The SMILES string of the molecule is Cc1c(OC2CCCC2)cc(N)cc1S(N)(=O)=O. The van der Waals surface area contributed by atoms with Crippen molar-refractivity contribution in [2.75, 3.05) is 5.73 Å². The second-order valence-electron chi connectivity index (χ2n) is 4.71. The zero-order valence-electron chi connectivity index (χ0n) is 10.3. The van der Waals surface area contributed by atoms with Crippen molar-refractivity contribution in [3.05, 3.63) is 17.7 Å². The summed E-state index contributed by atoms with van der Waals surface area (Å²) in [5.74, 6) is 0.519. The summed E-state index contributed by atoms with van der Waals surface area (Å²) >= 11 is 0. The molecule has 18 heavy (non-hydrogen) atoms. The van der Waals surface area contributed by atoms with Gasteiger partial charge in [-0.2, -0.15) is 0 Å². The van der Waals surface area contributed by atoms with Gasteiger partial charge < -0.3 is 10.5 Å². The monoisotopic (exact) mass is 270 g/mol. The van der Waals surface area contributed by atoms with Crippen LogP contribution in [0.1, 0.15) is 31.2 Å². The second-order valence-corrected chi connectivity index (χ2v) is 6.24. The molecule has 1 saturated carbocycles. The lowest BCUT2D eigenvalue weighted by Crippen LogP contribution is -2.17. The Morgan fingerprint density at radius 1 is 1.28 bits per heavy atom. The fourth-order valence-electron chi connectivity index (χ4n) is 2.29. The highest BCUT2D eigenvalue weighted by atomic mass is 32.2. The molecule has 1 aromatic carbocycles. The molecule has 5 nitrogen and oxygen atoms in total. The summed E-state index contributed by atoms with van der Waals surface area (Å²) in [6.45, 7) is 1.68. The van der Waals surface area contributed by atoms with Crippen molar-refractivity contribution in [3.8, 4) is 5.75 Å². The van der Waals surface area contributed by atoms with E-state index in [0.29, 0.717) is 17.0 Å². The number of nitrogens with two attached hydrogens (primary N) is 2. The van der Waals surface area contributed by atoms with E-state index in [2.05, 4.69) is 0 Å². The first kappa shape index (κ1) is 13.2. The number of primary sulfonamides is 1. The number of ether oxygens (including phenoxy) is 1. The van der Waals surface area contributed by atoms with Crippen LogP contribution in [0.4, 0.5) is 5.69 Å². The van der Waals surface area contributed by atoms with Crippen LogP contribution in [0, 0.1) is 6.92 Å². The summed E-state index contributed by atoms with van der Waals surface area (Å²) in [6, 6.07) is 3.02. The molecule has 0 aliphatic heterocycles. The normalized spacial score (nSPS) is 17.0. The average molecular weight is 270 g/mol. The molecule has 0 saturated heterocycles. The smallest absolute Gasteiger partial charge is 0.238 e. The second kappa shape index (κ2) is 4.78. The molecule has 0 radical (unpaired) electrons. The molecule has 1 aromatic rings. The Kier molecular flexibility index (Phi) is 3.49. The molecule has 4 N–H and O–H groups in total. The van der Waals surface area contributed by atoms with Gasteiger partial charge in [-0.1, -0.05) is 0 Å². The third-order valence-corrected chi connectivity index (χ3v) is 4.27. The molecule has 0 bridgehead atoms. The maximum Gasteiger partial charge on any atom is 0.238 e. The lowest BCUT2D eigenvalue weighted by atomic mass is 10.2. The first-order chi connectivity index (χ1) is 8.38. The molecule has 0 atom stereocenters. The highest BCUT2D eigenvalue weighted by molar-refractivity contribution is 7.89. The first-order valence-corrected chi connectivity index (χ1v) is 7.52. The maximum atomic E-state index is 11.5. The molecule has 0 spiro atoms. The maximum absolute atomic E-state index is 11.5. The lowest BCUT2D eigenvalue weighted by Gasteiger charge is -2.17. The van der Waals surface area contributed by atoms with Gasteiger partial charge in [-0.3, -0.25) is 0 Å². The van der Waals surface area contributed by atoms with E-state index in [9.17, 15) is 8.42 Å². The average Bonchev–Trinajstić information content (AvgIpc) is 2.74. The number of rotatable bonds is 3. The van der Waals surface area contributed by atoms with E-state index in [0.717, 1.165) is 25.7 Å². The fraction of sp³-hybridized carbons (Fsp3) is 0.500. The Labute approximate surface area is 107 Å². The van der Waals surface area contributed by atoms with Crippen molar-refractivity contribution in [1.29, 1.82) is 0 Å². The standard InChI is InChI=1S/C12H18N2O3S/c1-8-11(17-10-4-2-3-5-10)6-9(13)7-12(8)18(14,15)16/h6-7,10H,2-5,13H2,1H3,(H2,14,15,16). The summed E-state index contributed by atoms with van der Waals surface area (Å²) in [5, 5.41) is 5.16. The Bertz CT molecular complexity index is 549. The van der Waals surface area contributed by atoms with Crippen LogP contribution in [-0.2, 0) is 10.0 Å². The molecule has 6 heteroatoms. The largest absolute Gasteiger partial charge is 0.490 e. The first-order valence-electron chi connectivity index (χ1n) is 5.97. The molecular weight excluding hydrogens is 252 g/mol. The highest BCUT2D eigenvalue weighted by Crippen LogP contribution is 2.31. The lowest BCUT2D eigenvalue weighted by molar-refractivity contribution is 0.208. The number of hydrogen-bond donors (Lipinski definition) is 2. The molecular formula is C12H18N2O3S. The highest BCUT2D eigenvalue weighted by Gasteiger charge is 2.21. The van der Waals surface area contributed by atoms with Crippen LogP contribution in [0.5, 0.6) is 5.75 Å². The van der Waals surface area contributed by atoms with Gasteiger partial charge in [0, 0.05) is 17.3 Å². The van der Waals surface area contributed by atoms with E-state index in [-0.39, 0.29) is 11.0 Å². The summed E-state index contributed by atoms with van der Waals surface area (Å²) in [7, 11) is -3.77. The van der Waals surface area contributed by atoms with E-state index in [1.54, 1.807) is 13.0 Å². The minimum Gasteiger partial charge on any atom is -0.490 e. The minimum atomic E-state index is -3.77. The fourth-order valence-corrected chi connectivity index (χ4v) is 3.11. The molecule has 0 aromatic heterocycles. The Morgan fingerprint density at radius 2 is 1.89 bits per heavy atom. The van der Waals surface area contributed by atoms with Crippen LogP contribution >= 0.6 is 0 Å². The molecule has 1 aliphatic rings. The summed E-state index contributed by atoms with van der Waals surface area (Å²) in [6.07, 6.45) is 4.44. The van der Waals surface area contributed by atoms with E-state index in [4.69, 9.17) is 15.6 Å². The van der Waals surface area contributed by atoms with Gasteiger partial charge in [-0.05, 0) is 38.7 Å². The number of benzene rings is 1. The van der Waals surface area contributed by atoms with Crippen molar-refractivity contribution in [1.82, 2.24) is 0 Å². The molecule has 100 valence electrons. The van der Waals surface area contributed by atoms with Crippen LogP contribution in [0.15, 0.2) is 17.0 Å². The third-order valence-electron chi connectivity index (χ3n) is 3.24. The summed E-state index contributed by atoms with van der Waals surface area (Å²) in [4.78, 5) is 0.0375. The number of hydrogen-bond acceptors (Lipinski definition) is 4. The topological polar surface area (TPSA) is 95.4 Å².